The van der Waals surface area contributed by atoms with E-state index in [1.54, 1.807) is 0 Å². The Labute approximate surface area is 135 Å². The molecule has 0 radical (unpaired) electrons. The van der Waals surface area contributed by atoms with E-state index < -0.39 is 0 Å². The average Bonchev–Trinajstić information content (AvgIpc) is 2.94. The maximum atomic E-state index is 12.7. The van der Waals surface area contributed by atoms with Crippen molar-refractivity contribution in [2.45, 2.75) is 65.0 Å². The van der Waals surface area contributed by atoms with E-state index in [4.69, 9.17) is 4.74 Å². The van der Waals surface area contributed by atoms with Gasteiger partial charge in [0.15, 0.2) is 0 Å². The van der Waals surface area contributed by atoms with E-state index in [9.17, 15) is 4.79 Å². The molecule has 2 saturated heterocycles. The van der Waals surface area contributed by atoms with Crippen LogP contribution in [0.4, 0.5) is 0 Å². The number of piperidine rings is 1. The van der Waals surface area contributed by atoms with Gasteiger partial charge in [-0.3, -0.25) is 9.69 Å². The lowest BCUT2D eigenvalue weighted by Crippen LogP contribution is -2.67. The molecule has 0 aromatic heterocycles. The first-order valence-electron chi connectivity index (χ1n) is 9.19. The summed E-state index contributed by atoms with van der Waals surface area (Å²) >= 11 is 0. The zero-order chi connectivity index (χ0) is 15.7. The largest absolute Gasteiger partial charge is 0.377 e. The topological polar surface area (TPSA) is 32.8 Å². The number of carbonyl (C=O) groups is 1. The van der Waals surface area contributed by atoms with E-state index in [1.165, 1.54) is 19.3 Å². The fourth-order valence-corrected chi connectivity index (χ4v) is 5.06. The van der Waals surface area contributed by atoms with E-state index in [2.05, 4.69) is 30.6 Å². The Morgan fingerprint density at radius 3 is 2.68 bits per heavy atom. The Hall–Kier alpha value is -0.610. The van der Waals surface area contributed by atoms with Gasteiger partial charge >= 0.3 is 0 Å². The number of amides is 1. The van der Waals surface area contributed by atoms with Crippen LogP contribution in [0.3, 0.4) is 0 Å². The van der Waals surface area contributed by atoms with Gasteiger partial charge in [-0.25, -0.2) is 0 Å². The predicted octanol–water partition coefficient (Wildman–Crippen LogP) is 2.52. The van der Waals surface area contributed by atoms with E-state index in [-0.39, 0.29) is 5.41 Å². The number of nitrogens with zero attached hydrogens (tertiary/aromatic N) is 2. The van der Waals surface area contributed by atoms with Crippen molar-refractivity contribution >= 4 is 5.91 Å². The van der Waals surface area contributed by atoms with Crippen molar-refractivity contribution in [3.63, 3.8) is 0 Å². The molecule has 3 aliphatic rings. The van der Waals surface area contributed by atoms with E-state index in [0.29, 0.717) is 30.5 Å². The molecule has 126 valence electrons. The summed E-state index contributed by atoms with van der Waals surface area (Å²) < 4.78 is 5.92. The normalized spacial score (nSPS) is 33.6. The van der Waals surface area contributed by atoms with Crippen molar-refractivity contribution in [2.24, 2.45) is 11.3 Å². The van der Waals surface area contributed by atoms with Crippen molar-refractivity contribution in [2.75, 3.05) is 32.8 Å². The molecule has 3 fully saturated rings. The van der Waals surface area contributed by atoms with Crippen LogP contribution in [0.25, 0.3) is 0 Å². The van der Waals surface area contributed by atoms with Gasteiger partial charge < -0.3 is 9.64 Å². The molecule has 3 atom stereocenters. The quantitative estimate of drug-likeness (QED) is 0.782. The molecule has 1 aliphatic carbocycles. The third-order valence-corrected chi connectivity index (χ3v) is 5.99. The molecule has 4 nitrogen and oxygen atoms in total. The number of fused-ring (bicyclic) bond motifs is 1. The Kier molecular flexibility index (Phi) is 4.79. The summed E-state index contributed by atoms with van der Waals surface area (Å²) in [6, 6.07) is 0.508. The number of rotatable bonds is 5. The van der Waals surface area contributed by atoms with Crippen LogP contribution in [-0.4, -0.2) is 60.6 Å². The minimum atomic E-state index is 0.179. The highest BCUT2D eigenvalue weighted by Crippen LogP contribution is 2.54. The Morgan fingerprint density at radius 2 is 2.00 bits per heavy atom. The molecular weight excluding hydrogens is 276 g/mol. The van der Waals surface area contributed by atoms with Gasteiger partial charge in [0.2, 0.25) is 5.91 Å². The Morgan fingerprint density at radius 1 is 1.27 bits per heavy atom. The molecule has 0 unspecified atom stereocenters. The van der Waals surface area contributed by atoms with Gasteiger partial charge in [0.25, 0.3) is 0 Å². The number of hydrogen-bond donors (Lipinski definition) is 0. The number of carbonyl (C=O) groups excluding carboxylic acids is 1. The molecule has 0 spiro atoms. The average molecular weight is 308 g/mol. The fourth-order valence-electron chi connectivity index (χ4n) is 5.06. The summed E-state index contributed by atoms with van der Waals surface area (Å²) in [4.78, 5) is 17.2. The van der Waals surface area contributed by atoms with Crippen LogP contribution >= 0.6 is 0 Å². The number of likely N-dealkylation sites (tertiary alicyclic amines) is 1. The van der Waals surface area contributed by atoms with Crippen molar-refractivity contribution < 1.29 is 9.53 Å². The van der Waals surface area contributed by atoms with Crippen molar-refractivity contribution in [1.82, 2.24) is 9.80 Å². The highest BCUT2D eigenvalue weighted by molar-refractivity contribution is 5.78. The number of hydrogen-bond acceptors (Lipinski definition) is 3. The Bertz CT molecular complexity index is 404. The van der Waals surface area contributed by atoms with Gasteiger partial charge in [0.1, 0.15) is 0 Å². The second-order valence-corrected chi connectivity index (χ2v) is 7.92. The van der Waals surface area contributed by atoms with Gasteiger partial charge in [-0.05, 0) is 38.6 Å². The van der Waals surface area contributed by atoms with E-state index >= 15 is 0 Å². The fraction of sp³-hybridized carbons (Fsp3) is 0.944. The molecule has 2 heterocycles. The lowest BCUT2D eigenvalue weighted by Gasteiger charge is -2.58. The first-order valence-corrected chi connectivity index (χ1v) is 9.19. The summed E-state index contributed by atoms with van der Waals surface area (Å²) in [5.41, 5.74) is 0.179. The molecular formula is C18H32N2O2. The van der Waals surface area contributed by atoms with Crippen LogP contribution in [0, 0.1) is 11.3 Å². The molecule has 1 saturated carbocycles. The maximum Gasteiger partial charge on any atom is 0.236 e. The van der Waals surface area contributed by atoms with Crippen molar-refractivity contribution in [3.05, 3.63) is 0 Å². The van der Waals surface area contributed by atoms with Gasteiger partial charge in [-0.1, -0.05) is 20.8 Å². The molecule has 0 aromatic rings. The van der Waals surface area contributed by atoms with E-state index in [1.807, 2.05) is 0 Å². The molecule has 4 heteroatoms. The lowest BCUT2D eigenvalue weighted by molar-refractivity contribution is -0.162. The second-order valence-electron chi connectivity index (χ2n) is 7.92. The highest BCUT2D eigenvalue weighted by Gasteiger charge is 2.61. The highest BCUT2D eigenvalue weighted by atomic mass is 16.5. The first kappa shape index (κ1) is 16.3. The SMILES string of the molecule is CCCN(CC(=O)N1CCCCC1)[C@@H]1[C@H]2CCO[C@H]2C1(C)C. The third kappa shape index (κ3) is 2.80. The van der Waals surface area contributed by atoms with Crippen LogP contribution in [0.5, 0.6) is 0 Å². The molecule has 22 heavy (non-hydrogen) atoms. The molecule has 0 aromatic carbocycles. The Balaban J connectivity index is 1.66. The summed E-state index contributed by atoms with van der Waals surface area (Å²) in [6.07, 6.45) is 6.30. The van der Waals surface area contributed by atoms with Crippen LogP contribution in [0.1, 0.15) is 52.9 Å². The smallest absolute Gasteiger partial charge is 0.236 e. The summed E-state index contributed by atoms with van der Waals surface area (Å²) in [7, 11) is 0. The summed E-state index contributed by atoms with van der Waals surface area (Å²) in [5, 5.41) is 0. The molecule has 3 rings (SSSR count). The second kappa shape index (κ2) is 6.48. The predicted molar refractivity (Wildman–Crippen MR) is 87.7 cm³/mol. The third-order valence-electron chi connectivity index (χ3n) is 5.99. The molecule has 2 aliphatic heterocycles. The van der Waals surface area contributed by atoms with Crippen LogP contribution in [0.2, 0.25) is 0 Å². The lowest BCUT2D eigenvalue weighted by atomic mass is 9.56. The van der Waals surface area contributed by atoms with Gasteiger partial charge in [-0.2, -0.15) is 0 Å². The van der Waals surface area contributed by atoms with E-state index in [0.717, 1.165) is 39.1 Å². The summed E-state index contributed by atoms with van der Waals surface area (Å²) in [6.45, 7) is 11.3. The summed E-state index contributed by atoms with van der Waals surface area (Å²) in [5.74, 6) is 0.974. The van der Waals surface area contributed by atoms with Crippen molar-refractivity contribution in [1.29, 1.82) is 0 Å². The van der Waals surface area contributed by atoms with Crippen molar-refractivity contribution in [3.8, 4) is 0 Å². The van der Waals surface area contributed by atoms with Crippen LogP contribution < -0.4 is 0 Å². The van der Waals surface area contributed by atoms with Gasteiger partial charge in [-0.15, -0.1) is 0 Å². The zero-order valence-corrected chi connectivity index (χ0v) is 14.5. The minimum Gasteiger partial charge on any atom is -0.377 e. The van der Waals surface area contributed by atoms with Gasteiger partial charge in [0, 0.05) is 37.1 Å². The standard InChI is InChI=1S/C18H32N2O2/c1-4-9-20(13-15(21)19-10-6-5-7-11-19)16-14-8-12-22-17(14)18(16,2)3/h14,16-17H,4-13H2,1-3H3/t14-,16-,17-/m1/s1. The first-order chi connectivity index (χ1) is 10.6. The van der Waals surface area contributed by atoms with Crippen LogP contribution in [0.15, 0.2) is 0 Å². The minimum absolute atomic E-state index is 0.179. The molecule has 0 bridgehead atoms. The van der Waals surface area contributed by atoms with Gasteiger partial charge in [0.05, 0.1) is 12.6 Å². The molecule has 1 amide bonds. The molecule has 0 N–H and O–H groups in total. The van der Waals surface area contributed by atoms with Crippen LogP contribution in [-0.2, 0) is 9.53 Å². The monoisotopic (exact) mass is 308 g/mol. The zero-order valence-electron chi connectivity index (χ0n) is 14.5. The maximum absolute atomic E-state index is 12.7. The number of ether oxygens (including phenoxy) is 1.